The van der Waals surface area contributed by atoms with E-state index in [1.54, 1.807) is 0 Å². The van der Waals surface area contributed by atoms with E-state index in [-0.39, 0.29) is 0 Å². The van der Waals surface area contributed by atoms with Crippen LogP contribution in [0, 0.1) is 0 Å². The van der Waals surface area contributed by atoms with Crippen molar-refractivity contribution in [1.82, 2.24) is 9.55 Å². The van der Waals surface area contributed by atoms with Crippen molar-refractivity contribution >= 4 is 0 Å². The fourth-order valence-corrected chi connectivity index (χ4v) is 2.15. The predicted molar refractivity (Wildman–Crippen MR) is 77.4 cm³/mol. The maximum atomic E-state index is 5.97. The molecule has 19 heavy (non-hydrogen) atoms. The highest BCUT2D eigenvalue weighted by atomic mass is 16.5. The molecule has 0 saturated carbocycles. The molecule has 2 rings (SSSR count). The molecular weight excluding hydrogens is 236 g/mol. The zero-order valence-corrected chi connectivity index (χ0v) is 12.0. The molecule has 0 spiro atoms. The van der Waals surface area contributed by atoms with Crippen LogP contribution in [0.15, 0.2) is 36.8 Å². The lowest BCUT2D eigenvalue weighted by molar-refractivity contribution is 0.290. The Bertz CT molecular complexity index is 517. The van der Waals surface area contributed by atoms with E-state index < -0.39 is 0 Å². The minimum atomic E-state index is 0.469. The standard InChI is InChI=1S/C16H22N2O/c1-4-9-18-12-17-10-14(18)11-19-16-8-6-5-7-15(16)13(2)3/h5-8,10,12-13H,4,9,11H2,1-3H3. The van der Waals surface area contributed by atoms with Crippen LogP contribution in [0.1, 0.15) is 44.4 Å². The highest BCUT2D eigenvalue weighted by Gasteiger charge is 2.08. The van der Waals surface area contributed by atoms with Crippen molar-refractivity contribution in [2.75, 3.05) is 0 Å². The smallest absolute Gasteiger partial charge is 0.130 e. The van der Waals surface area contributed by atoms with Crippen molar-refractivity contribution in [1.29, 1.82) is 0 Å². The normalized spacial score (nSPS) is 10.9. The molecule has 0 unspecified atom stereocenters. The van der Waals surface area contributed by atoms with Gasteiger partial charge in [0.1, 0.15) is 12.4 Å². The molecule has 0 radical (unpaired) electrons. The first kappa shape index (κ1) is 13.7. The number of rotatable bonds is 6. The van der Waals surface area contributed by atoms with Gasteiger partial charge in [0.25, 0.3) is 0 Å². The van der Waals surface area contributed by atoms with E-state index in [0.717, 1.165) is 24.4 Å². The highest BCUT2D eigenvalue weighted by Crippen LogP contribution is 2.26. The van der Waals surface area contributed by atoms with Gasteiger partial charge >= 0.3 is 0 Å². The van der Waals surface area contributed by atoms with E-state index >= 15 is 0 Å². The third-order valence-corrected chi connectivity index (χ3v) is 3.18. The molecular formula is C16H22N2O. The quantitative estimate of drug-likeness (QED) is 0.783. The number of imidazole rings is 1. The summed E-state index contributed by atoms with van der Waals surface area (Å²) in [5, 5.41) is 0. The summed E-state index contributed by atoms with van der Waals surface area (Å²) in [5.41, 5.74) is 2.38. The minimum Gasteiger partial charge on any atom is -0.487 e. The van der Waals surface area contributed by atoms with Crippen LogP contribution >= 0.6 is 0 Å². The topological polar surface area (TPSA) is 27.1 Å². The van der Waals surface area contributed by atoms with Gasteiger partial charge in [-0.05, 0) is 24.0 Å². The summed E-state index contributed by atoms with van der Waals surface area (Å²) in [6.07, 6.45) is 4.86. The molecule has 2 aromatic rings. The molecule has 1 heterocycles. The van der Waals surface area contributed by atoms with Gasteiger partial charge in [0.2, 0.25) is 0 Å². The molecule has 0 aliphatic carbocycles. The van der Waals surface area contributed by atoms with Gasteiger partial charge in [0.15, 0.2) is 0 Å². The number of hydrogen-bond donors (Lipinski definition) is 0. The maximum Gasteiger partial charge on any atom is 0.130 e. The molecule has 1 aromatic carbocycles. The Labute approximate surface area is 115 Å². The lowest BCUT2D eigenvalue weighted by Crippen LogP contribution is -2.06. The largest absolute Gasteiger partial charge is 0.487 e. The average Bonchev–Trinajstić information content (AvgIpc) is 2.84. The Morgan fingerprint density at radius 2 is 2.05 bits per heavy atom. The summed E-state index contributed by atoms with van der Waals surface area (Å²) in [7, 11) is 0. The molecule has 3 heteroatoms. The Morgan fingerprint density at radius 3 is 2.79 bits per heavy atom. The van der Waals surface area contributed by atoms with Gasteiger partial charge in [-0.25, -0.2) is 4.98 Å². The van der Waals surface area contributed by atoms with Crippen molar-refractivity contribution in [3.63, 3.8) is 0 Å². The molecule has 102 valence electrons. The summed E-state index contributed by atoms with van der Waals surface area (Å²) in [6, 6.07) is 8.24. The maximum absolute atomic E-state index is 5.97. The Kier molecular flexibility index (Phi) is 4.61. The predicted octanol–water partition coefficient (Wildman–Crippen LogP) is 4.00. The van der Waals surface area contributed by atoms with Gasteiger partial charge in [-0.3, -0.25) is 0 Å². The first-order valence-electron chi connectivity index (χ1n) is 6.93. The van der Waals surface area contributed by atoms with Gasteiger partial charge < -0.3 is 9.30 Å². The van der Waals surface area contributed by atoms with E-state index in [9.17, 15) is 0 Å². The number of benzene rings is 1. The van der Waals surface area contributed by atoms with E-state index in [0.29, 0.717) is 12.5 Å². The van der Waals surface area contributed by atoms with Crippen LogP contribution < -0.4 is 4.74 Å². The van der Waals surface area contributed by atoms with Gasteiger partial charge in [-0.1, -0.05) is 39.0 Å². The number of aromatic nitrogens is 2. The summed E-state index contributed by atoms with van der Waals surface area (Å²) in [5.74, 6) is 1.44. The van der Waals surface area contributed by atoms with Crippen LogP contribution in [0.25, 0.3) is 0 Å². The van der Waals surface area contributed by atoms with Gasteiger partial charge in [-0.15, -0.1) is 0 Å². The number of ether oxygens (including phenoxy) is 1. The zero-order chi connectivity index (χ0) is 13.7. The highest BCUT2D eigenvalue weighted by molar-refractivity contribution is 5.35. The second-order valence-corrected chi connectivity index (χ2v) is 5.06. The second kappa shape index (κ2) is 6.41. The first-order chi connectivity index (χ1) is 9.22. The Hall–Kier alpha value is -1.77. The molecule has 0 aliphatic heterocycles. The minimum absolute atomic E-state index is 0.469. The van der Waals surface area contributed by atoms with Crippen LogP contribution in [0.4, 0.5) is 0 Å². The summed E-state index contributed by atoms with van der Waals surface area (Å²) >= 11 is 0. The lowest BCUT2D eigenvalue weighted by Gasteiger charge is -2.14. The van der Waals surface area contributed by atoms with Crippen molar-refractivity contribution in [2.45, 2.75) is 46.3 Å². The van der Waals surface area contributed by atoms with Crippen LogP contribution in [-0.4, -0.2) is 9.55 Å². The fraction of sp³-hybridized carbons (Fsp3) is 0.438. The van der Waals surface area contributed by atoms with Crippen LogP contribution in [0.5, 0.6) is 5.75 Å². The molecule has 0 amide bonds. The number of nitrogens with zero attached hydrogens (tertiary/aromatic N) is 2. The van der Waals surface area contributed by atoms with Crippen molar-refractivity contribution in [3.8, 4) is 5.75 Å². The van der Waals surface area contributed by atoms with Gasteiger partial charge in [0, 0.05) is 6.54 Å². The van der Waals surface area contributed by atoms with E-state index in [2.05, 4.69) is 42.5 Å². The molecule has 0 atom stereocenters. The number of para-hydroxylation sites is 1. The SMILES string of the molecule is CCCn1cncc1COc1ccccc1C(C)C. The van der Waals surface area contributed by atoms with Crippen molar-refractivity contribution in [3.05, 3.63) is 48.0 Å². The van der Waals surface area contributed by atoms with Gasteiger partial charge in [-0.2, -0.15) is 0 Å². The Morgan fingerprint density at radius 1 is 1.26 bits per heavy atom. The first-order valence-corrected chi connectivity index (χ1v) is 6.93. The number of aryl methyl sites for hydroxylation is 1. The van der Waals surface area contributed by atoms with Crippen LogP contribution in [0.2, 0.25) is 0 Å². The molecule has 3 nitrogen and oxygen atoms in total. The van der Waals surface area contributed by atoms with E-state index in [4.69, 9.17) is 4.74 Å². The summed E-state index contributed by atoms with van der Waals surface area (Å²) in [4.78, 5) is 4.19. The third-order valence-electron chi connectivity index (χ3n) is 3.18. The van der Waals surface area contributed by atoms with Crippen LogP contribution in [-0.2, 0) is 13.2 Å². The monoisotopic (exact) mass is 258 g/mol. The molecule has 0 fully saturated rings. The van der Waals surface area contributed by atoms with Crippen molar-refractivity contribution in [2.24, 2.45) is 0 Å². The third kappa shape index (κ3) is 3.37. The molecule has 0 bridgehead atoms. The summed E-state index contributed by atoms with van der Waals surface area (Å²) < 4.78 is 8.12. The zero-order valence-electron chi connectivity index (χ0n) is 12.0. The van der Waals surface area contributed by atoms with Gasteiger partial charge in [0.05, 0.1) is 18.2 Å². The fourth-order valence-electron chi connectivity index (χ4n) is 2.15. The molecule has 0 N–H and O–H groups in total. The van der Waals surface area contributed by atoms with Crippen LogP contribution in [0.3, 0.4) is 0 Å². The van der Waals surface area contributed by atoms with Crippen molar-refractivity contribution < 1.29 is 4.74 Å². The lowest BCUT2D eigenvalue weighted by atomic mass is 10.0. The van der Waals surface area contributed by atoms with E-state index in [1.807, 2.05) is 24.7 Å². The second-order valence-electron chi connectivity index (χ2n) is 5.06. The average molecular weight is 258 g/mol. The summed E-state index contributed by atoms with van der Waals surface area (Å²) in [6.45, 7) is 8.10. The molecule has 1 aromatic heterocycles. The molecule has 0 aliphatic rings. The van der Waals surface area contributed by atoms with E-state index in [1.165, 1.54) is 5.56 Å². The Balaban J connectivity index is 2.08. The molecule has 0 saturated heterocycles. The number of hydrogen-bond acceptors (Lipinski definition) is 2.